The molecule has 0 saturated heterocycles. The number of hydrogen-bond donors (Lipinski definition) is 1. The number of likely N-dealkylation sites (N-methyl/N-ethyl adjacent to an activating group) is 1. The molecule has 0 aromatic heterocycles. The second-order valence-electron chi connectivity index (χ2n) is 4.59. The zero-order chi connectivity index (χ0) is 13.0. The van der Waals surface area contributed by atoms with Gasteiger partial charge < -0.3 is 5.32 Å². The number of rotatable bonds is 4. The van der Waals surface area contributed by atoms with Gasteiger partial charge in [-0.25, -0.2) is 0 Å². The summed E-state index contributed by atoms with van der Waals surface area (Å²) in [5, 5.41) is 3.39. The number of halogens is 1. The van der Waals surface area contributed by atoms with Crippen molar-refractivity contribution in [3.8, 4) is 0 Å². The third-order valence-corrected chi connectivity index (χ3v) is 3.65. The number of aryl methyl sites for hydroxylation is 1. The molecule has 0 fully saturated rings. The Morgan fingerprint density at radius 2 is 1.83 bits per heavy atom. The first-order chi connectivity index (χ1) is 8.69. The van der Waals surface area contributed by atoms with Crippen LogP contribution < -0.4 is 5.32 Å². The van der Waals surface area contributed by atoms with Gasteiger partial charge in [0, 0.05) is 10.5 Å². The van der Waals surface area contributed by atoms with Crippen LogP contribution in [-0.4, -0.2) is 7.05 Å². The van der Waals surface area contributed by atoms with Gasteiger partial charge in [0.05, 0.1) is 0 Å². The van der Waals surface area contributed by atoms with E-state index in [4.69, 9.17) is 0 Å². The minimum absolute atomic E-state index is 0.361. The summed E-state index contributed by atoms with van der Waals surface area (Å²) in [6, 6.07) is 17.6. The highest BCUT2D eigenvalue weighted by Gasteiger charge is 2.09. The van der Waals surface area contributed by atoms with Crippen molar-refractivity contribution in [2.45, 2.75) is 19.4 Å². The molecule has 0 saturated carbocycles. The maximum absolute atomic E-state index is 3.52. The van der Waals surface area contributed by atoms with Crippen molar-refractivity contribution in [3.05, 3.63) is 69.7 Å². The summed E-state index contributed by atoms with van der Waals surface area (Å²) in [7, 11) is 2.02. The van der Waals surface area contributed by atoms with Crippen LogP contribution in [0.5, 0.6) is 0 Å². The quantitative estimate of drug-likeness (QED) is 0.890. The van der Waals surface area contributed by atoms with Gasteiger partial charge in [0.15, 0.2) is 0 Å². The first kappa shape index (κ1) is 13.3. The van der Waals surface area contributed by atoms with E-state index in [1.54, 1.807) is 0 Å². The van der Waals surface area contributed by atoms with Crippen molar-refractivity contribution < 1.29 is 0 Å². The van der Waals surface area contributed by atoms with E-state index in [1.807, 2.05) is 7.05 Å². The van der Waals surface area contributed by atoms with Crippen molar-refractivity contribution in [3.63, 3.8) is 0 Å². The number of hydrogen-bond acceptors (Lipinski definition) is 1. The molecule has 1 N–H and O–H groups in total. The summed E-state index contributed by atoms with van der Waals surface area (Å²) in [6.45, 7) is 2.12. The van der Waals surface area contributed by atoms with Gasteiger partial charge in [0.25, 0.3) is 0 Å². The highest BCUT2D eigenvalue weighted by atomic mass is 79.9. The summed E-state index contributed by atoms with van der Waals surface area (Å²) in [6.07, 6.45) is 0.999. The molecular formula is C16H18BrN. The molecule has 2 rings (SSSR count). The maximum Gasteiger partial charge on any atom is 0.0358 e. The monoisotopic (exact) mass is 303 g/mol. The van der Waals surface area contributed by atoms with Gasteiger partial charge in [-0.2, -0.15) is 0 Å². The van der Waals surface area contributed by atoms with Gasteiger partial charge in [-0.15, -0.1) is 0 Å². The predicted octanol–water partition coefficient (Wildman–Crippen LogP) is 4.26. The smallest absolute Gasteiger partial charge is 0.0358 e. The Labute approximate surface area is 117 Å². The third-order valence-electron chi connectivity index (χ3n) is 3.16. The molecule has 1 nitrogen and oxygen atoms in total. The largest absolute Gasteiger partial charge is 0.313 e. The third kappa shape index (κ3) is 3.44. The van der Waals surface area contributed by atoms with Crippen molar-refractivity contribution in [1.82, 2.24) is 5.32 Å². The Hall–Kier alpha value is -1.12. The van der Waals surface area contributed by atoms with Gasteiger partial charge in [-0.1, -0.05) is 57.9 Å². The van der Waals surface area contributed by atoms with Crippen LogP contribution in [0.4, 0.5) is 0 Å². The molecule has 0 aliphatic carbocycles. The van der Waals surface area contributed by atoms with Crippen LogP contribution >= 0.6 is 15.9 Å². The maximum atomic E-state index is 3.52. The summed E-state index contributed by atoms with van der Waals surface area (Å²) in [5.41, 5.74) is 3.98. The van der Waals surface area contributed by atoms with E-state index >= 15 is 0 Å². The topological polar surface area (TPSA) is 12.0 Å². The van der Waals surface area contributed by atoms with E-state index in [1.165, 1.54) is 16.7 Å². The second kappa shape index (κ2) is 6.17. The Bertz CT molecular complexity index is 505. The Morgan fingerprint density at radius 1 is 1.11 bits per heavy atom. The zero-order valence-electron chi connectivity index (χ0n) is 10.8. The SMILES string of the molecule is CNC(Cc1cccc(Br)c1)c1ccc(C)cc1. The second-order valence-corrected chi connectivity index (χ2v) is 5.50. The molecule has 0 amide bonds. The van der Waals surface area contributed by atoms with E-state index in [2.05, 4.69) is 76.7 Å². The Balaban J connectivity index is 2.17. The van der Waals surface area contributed by atoms with E-state index in [0.717, 1.165) is 10.9 Å². The van der Waals surface area contributed by atoms with Gasteiger partial charge >= 0.3 is 0 Å². The van der Waals surface area contributed by atoms with Crippen molar-refractivity contribution in [2.24, 2.45) is 0 Å². The fourth-order valence-electron chi connectivity index (χ4n) is 2.08. The number of nitrogens with one attached hydrogen (secondary N) is 1. The first-order valence-electron chi connectivity index (χ1n) is 6.17. The van der Waals surface area contributed by atoms with Crippen LogP contribution in [0.2, 0.25) is 0 Å². The lowest BCUT2D eigenvalue weighted by Crippen LogP contribution is -2.18. The van der Waals surface area contributed by atoms with Crippen LogP contribution in [-0.2, 0) is 6.42 Å². The van der Waals surface area contributed by atoms with Gasteiger partial charge in [0.1, 0.15) is 0 Å². The summed E-state index contributed by atoms with van der Waals surface area (Å²) in [5.74, 6) is 0. The summed E-state index contributed by atoms with van der Waals surface area (Å²) < 4.78 is 1.14. The van der Waals surface area contributed by atoms with Gasteiger partial charge in [-0.05, 0) is 43.7 Å². The molecule has 0 aliphatic heterocycles. The van der Waals surface area contributed by atoms with Crippen molar-refractivity contribution in [2.75, 3.05) is 7.05 Å². The lowest BCUT2D eigenvalue weighted by atomic mass is 9.98. The minimum Gasteiger partial charge on any atom is -0.313 e. The molecule has 0 heterocycles. The van der Waals surface area contributed by atoms with Crippen LogP contribution in [0.1, 0.15) is 22.7 Å². The van der Waals surface area contributed by atoms with Gasteiger partial charge in [0.2, 0.25) is 0 Å². The molecular weight excluding hydrogens is 286 g/mol. The summed E-state index contributed by atoms with van der Waals surface area (Å²) >= 11 is 3.52. The molecule has 2 heteroatoms. The van der Waals surface area contributed by atoms with Crippen LogP contribution in [0.25, 0.3) is 0 Å². The number of benzene rings is 2. The zero-order valence-corrected chi connectivity index (χ0v) is 12.4. The highest BCUT2D eigenvalue weighted by Crippen LogP contribution is 2.20. The predicted molar refractivity (Wildman–Crippen MR) is 80.8 cm³/mol. The average Bonchev–Trinajstić information content (AvgIpc) is 2.37. The molecule has 2 aromatic rings. The van der Waals surface area contributed by atoms with Crippen LogP contribution in [0.15, 0.2) is 53.0 Å². The molecule has 0 spiro atoms. The molecule has 1 atom stereocenters. The van der Waals surface area contributed by atoms with Crippen molar-refractivity contribution >= 4 is 15.9 Å². The molecule has 0 radical (unpaired) electrons. The normalized spacial score (nSPS) is 12.4. The highest BCUT2D eigenvalue weighted by molar-refractivity contribution is 9.10. The molecule has 1 unspecified atom stereocenters. The molecule has 2 aromatic carbocycles. The Kier molecular flexibility index (Phi) is 4.56. The van der Waals surface area contributed by atoms with Crippen LogP contribution in [0.3, 0.4) is 0 Å². The average molecular weight is 304 g/mol. The lowest BCUT2D eigenvalue weighted by molar-refractivity contribution is 0.592. The summed E-state index contributed by atoms with van der Waals surface area (Å²) in [4.78, 5) is 0. The molecule has 0 bridgehead atoms. The first-order valence-corrected chi connectivity index (χ1v) is 6.96. The van der Waals surface area contributed by atoms with Crippen molar-refractivity contribution in [1.29, 1.82) is 0 Å². The minimum atomic E-state index is 0.361. The van der Waals surface area contributed by atoms with Gasteiger partial charge in [-0.3, -0.25) is 0 Å². The molecule has 94 valence electrons. The Morgan fingerprint density at radius 3 is 2.44 bits per heavy atom. The van der Waals surface area contributed by atoms with E-state index in [0.29, 0.717) is 6.04 Å². The standard InChI is InChI=1S/C16H18BrN/c1-12-6-8-14(9-7-12)16(18-2)11-13-4-3-5-15(17)10-13/h3-10,16,18H,11H2,1-2H3. The van der Waals surface area contributed by atoms with Crippen LogP contribution in [0, 0.1) is 6.92 Å². The fraction of sp³-hybridized carbons (Fsp3) is 0.250. The van der Waals surface area contributed by atoms with E-state index in [-0.39, 0.29) is 0 Å². The van der Waals surface area contributed by atoms with E-state index < -0.39 is 0 Å². The molecule has 18 heavy (non-hydrogen) atoms. The van der Waals surface area contributed by atoms with E-state index in [9.17, 15) is 0 Å². The fourth-order valence-corrected chi connectivity index (χ4v) is 2.53. The molecule has 0 aliphatic rings. The lowest BCUT2D eigenvalue weighted by Gasteiger charge is -2.17.